The van der Waals surface area contributed by atoms with E-state index in [0.717, 1.165) is 24.7 Å². The zero-order chi connectivity index (χ0) is 19.8. The third-order valence-electron chi connectivity index (χ3n) is 4.76. The number of rotatable bonds is 3. The lowest BCUT2D eigenvalue weighted by molar-refractivity contribution is -0.136. The van der Waals surface area contributed by atoms with Gasteiger partial charge in [0, 0.05) is 36.4 Å². The Balaban J connectivity index is 1.96. The van der Waals surface area contributed by atoms with Crippen LogP contribution in [0.5, 0.6) is 0 Å². The molecule has 2 heterocycles. The second-order valence-corrected chi connectivity index (χ2v) is 8.97. The normalized spacial score (nSPS) is 21.9. The predicted octanol–water partition coefficient (Wildman–Crippen LogP) is 4.41. The van der Waals surface area contributed by atoms with E-state index in [4.69, 9.17) is 0 Å². The van der Waals surface area contributed by atoms with Gasteiger partial charge in [-0.25, -0.2) is 0 Å². The maximum Gasteiger partial charge on any atom is 0.418 e. The Kier molecular flexibility index (Phi) is 5.83. The molecule has 1 amide bonds. The summed E-state index contributed by atoms with van der Waals surface area (Å²) in [7, 11) is 0. The molecule has 1 fully saturated rings. The predicted molar refractivity (Wildman–Crippen MR) is 108 cm³/mol. The Morgan fingerprint density at radius 3 is 2.74 bits per heavy atom. The van der Waals surface area contributed by atoms with Gasteiger partial charge in [-0.2, -0.15) is 13.2 Å². The van der Waals surface area contributed by atoms with Crippen molar-refractivity contribution in [1.29, 1.82) is 0 Å². The molecule has 0 saturated carbocycles. The number of fused-ring (bicyclic) bond motifs is 1. The number of alkyl halides is 4. The van der Waals surface area contributed by atoms with Crippen molar-refractivity contribution in [3.63, 3.8) is 0 Å². The molecule has 27 heavy (non-hydrogen) atoms. The third kappa shape index (κ3) is 4.47. The van der Waals surface area contributed by atoms with Crippen LogP contribution in [0.4, 0.5) is 18.9 Å². The molecule has 3 atom stereocenters. The molecule has 8 heteroatoms. The molecule has 1 unspecified atom stereocenters. The number of halogens is 4. The average Bonchev–Trinajstić information content (AvgIpc) is 2.59. The molecule has 3 rings (SSSR count). The zero-order valence-corrected chi connectivity index (χ0v) is 17.2. The quantitative estimate of drug-likeness (QED) is 0.512. The maximum absolute atomic E-state index is 13.3. The number of hydrogen-bond acceptors (Lipinski definition) is 3. The molecule has 2 aromatic rings. The summed E-state index contributed by atoms with van der Waals surface area (Å²) < 4.78 is 39.9. The molecule has 4 nitrogen and oxygen atoms in total. The number of nitrogens with zero attached hydrogens (tertiary/aromatic N) is 2. The van der Waals surface area contributed by atoms with Crippen LogP contribution in [-0.4, -0.2) is 33.9 Å². The molecule has 1 aliphatic rings. The standard InChI is InChI=1S/C19H21F3IN3O/c1-11-8-13(25-18(27)12(2)23)10-26(9-11)16-6-5-15(19(20,21)22)17-14(16)4-3-7-24-17/h3-7,11-13H,8-10H2,1-2H3,(H,25,27)/t11-,12?,13+/m0/s1. The highest BCUT2D eigenvalue weighted by molar-refractivity contribution is 14.1. The van der Waals surface area contributed by atoms with Crippen LogP contribution in [0.15, 0.2) is 30.5 Å². The van der Waals surface area contributed by atoms with E-state index < -0.39 is 11.7 Å². The first-order chi connectivity index (χ1) is 12.7. The summed E-state index contributed by atoms with van der Waals surface area (Å²) in [4.78, 5) is 18.1. The summed E-state index contributed by atoms with van der Waals surface area (Å²) >= 11 is 2.07. The maximum atomic E-state index is 13.3. The van der Waals surface area contributed by atoms with Gasteiger partial charge in [-0.15, -0.1) is 0 Å². The van der Waals surface area contributed by atoms with Gasteiger partial charge in [-0.3, -0.25) is 9.78 Å². The lowest BCUT2D eigenvalue weighted by atomic mass is 9.94. The summed E-state index contributed by atoms with van der Waals surface area (Å²) in [6.07, 6.45) is -2.22. The van der Waals surface area contributed by atoms with E-state index >= 15 is 0 Å². The number of piperidine rings is 1. The molecule has 146 valence electrons. The fourth-order valence-electron chi connectivity index (χ4n) is 3.63. The van der Waals surface area contributed by atoms with Gasteiger partial charge in [-0.05, 0) is 43.5 Å². The topological polar surface area (TPSA) is 45.2 Å². The number of nitrogens with one attached hydrogen (secondary N) is 1. The number of benzene rings is 1. The average molecular weight is 491 g/mol. The summed E-state index contributed by atoms with van der Waals surface area (Å²) in [6, 6.07) is 5.91. The molecule has 1 aromatic carbocycles. The van der Waals surface area contributed by atoms with Crippen molar-refractivity contribution in [2.75, 3.05) is 18.0 Å². The molecular weight excluding hydrogens is 470 g/mol. The molecule has 1 saturated heterocycles. The second-order valence-electron chi connectivity index (χ2n) is 7.10. The van der Waals surface area contributed by atoms with Crippen LogP contribution in [0, 0.1) is 5.92 Å². The Morgan fingerprint density at radius 1 is 1.33 bits per heavy atom. The van der Waals surface area contributed by atoms with Crippen LogP contribution in [0.25, 0.3) is 10.9 Å². The number of carbonyl (C=O) groups is 1. The highest BCUT2D eigenvalue weighted by Gasteiger charge is 2.35. The highest BCUT2D eigenvalue weighted by Crippen LogP contribution is 2.38. The first-order valence-electron chi connectivity index (χ1n) is 8.81. The Morgan fingerprint density at radius 2 is 2.07 bits per heavy atom. The van der Waals surface area contributed by atoms with E-state index in [1.165, 1.54) is 12.3 Å². The molecule has 1 aromatic heterocycles. The number of hydrogen-bond donors (Lipinski definition) is 1. The zero-order valence-electron chi connectivity index (χ0n) is 15.1. The minimum absolute atomic E-state index is 0.0198. The third-order valence-corrected chi connectivity index (χ3v) is 5.33. The van der Waals surface area contributed by atoms with Gasteiger partial charge in [0.15, 0.2) is 0 Å². The SMILES string of the molecule is CC(I)C(=O)N[C@@H]1C[C@H](C)CN(c2ccc(C(F)(F)F)c3ncccc23)C1. The van der Waals surface area contributed by atoms with Gasteiger partial charge in [0.1, 0.15) is 0 Å². The van der Waals surface area contributed by atoms with Crippen LogP contribution in [0.1, 0.15) is 25.8 Å². The van der Waals surface area contributed by atoms with E-state index in [2.05, 4.69) is 44.7 Å². The minimum atomic E-state index is -4.45. The molecule has 0 bridgehead atoms. The number of pyridine rings is 1. The molecule has 0 radical (unpaired) electrons. The second kappa shape index (κ2) is 7.81. The molecule has 1 aliphatic heterocycles. The summed E-state index contributed by atoms with van der Waals surface area (Å²) in [5.41, 5.74) is -0.0443. The fraction of sp³-hybridized carbons (Fsp3) is 0.474. The lowest BCUT2D eigenvalue weighted by Crippen LogP contribution is -2.51. The van der Waals surface area contributed by atoms with E-state index in [1.807, 2.05) is 6.92 Å². The van der Waals surface area contributed by atoms with E-state index in [-0.39, 0.29) is 21.4 Å². The largest absolute Gasteiger partial charge is 0.418 e. The molecule has 0 aliphatic carbocycles. The van der Waals surface area contributed by atoms with Gasteiger partial charge in [0.05, 0.1) is 15.0 Å². The Hall–Kier alpha value is -1.58. The van der Waals surface area contributed by atoms with Gasteiger partial charge in [0.25, 0.3) is 0 Å². The van der Waals surface area contributed by atoms with Crippen molar-refractivity contribution in [2.24, 2.45) is 5.92 Å². The van der Waals surface area contributed by atoms with E-state index in [0.29, 0.717) is 17.8 Å². The van der Waals surface area contributed by atoms with Gasteiger partial charge >= 0.3 is 6.18 Å². The van der Waals surface area contributed by atoms with Crippen molar-refractivity contribution in [3.8, 4) is 0 Å². The van der Waals surface area contributed by atoms with Gasteiger partial charge in [-0.1, -0.05) is 29.5 Å². The number of amides is 1. The number of aromatic nitrogens is 1. The van der Waals surface area contributed by atoms with Gasteiger partial charge in [0.2, 0.25) is 5.91 Å². The van der Waals surface area contributed by atoms with Crippen LogP contribution in [0.3, 0.4) is 0 Å². The van der Waals surface area contributed by atoms with Crippen molar-refractivity contribution >= 4 is 45.1 Å². The molecular formula is C19H21F3IN3O. The number of anilines is 1. The highest BCUT2D eigenvalue weighted by atomic mass is 127. The van der Waals surface area contributed by atoms with Crippen molar-refractivity contribution in [2.45, 2.75) is 36.4 Å². The number of carbonyl (C=O) groups excluding carboxylic acids is 1. The van der Waals surface area contributed by atoms with Crippen LogP contribution < -0.4 is 10.2 Å². The van der Waals surface area contributed by atoms with Crippen LogP contribution >= 0.6 is 22.6 Å². The molecule has 0 spiro atoms. The molecule has 1 N–H and O–H groups in total. The fourth-order valence-corrected chi connectivity index (χ4v) is 3.81. The first-order valence-corrected chi connectivity index (χ1v) is 10.1. The Bertz CT molecular complexity index is 841. The van der Waals surface area contributed by atoms with Crippen LogP contribution in [0.2, 0.25) is 0 Å². The summed E-state index contributed by atoms with van der Waals surface area (Å²) in [5.74, 6) is 0.288. The van der Waals surface area contributed by atoms with Crippen LogP contribution in [-0.2, 0) is 11.0 Å². The monoisotopic (exact) mass is 491 g/mol. The van der Waals surface area contributed by atoms with E-state index in [1.54, 1.807) is 12.1 Å². The lowest BCUT2D eigenvalue weighted by Gasteiger charge is -2.39. The van der Waals surface area contributed by atoms with Crippen molar-refractivity contribution in [1.82, 2.24) is 10.3 Å². The summed E-state index contributed by atoms with van der Waals surface area (Å²) in [6.45, 7) is 5.20. The first kappa shape index (κ1) is 20.2. The van der Waals surface area contributed by atoms with Crippen molar-refractivity contribution < 1.29 is 18.0 Å². The minimum Gasteiger partial charge on any atom is -0.369 e. The van der Waals surface area contributed by atoms with Gasteiger partial charge < -0.3 is 10.2 Å². The van der Waals surface area contributed by atoms with E-state index in [9.17, 15) is 18.0 Å². The smallest absolute Gasteiger partial charge is 0.369 e. The Labute approximate surface area is 169 Å². The summed E-state index contributed by atoms with van der Waals surface area (Å²) in [5, 5.41) is 3.53. The van der Waals surface area contributed by atoms with Crippen molar-refractivity contribution in [3.05, 3.63) is 36.0 Å².